The summed E-state index contributed by atoms with van der Waals surface area (Å²) >= 11 is 0.682. The van der Waals surface area contributed by atoms with E-state index >= 15 is 0 Å². The Morgan fingerprint density at radius 2 is 2.50 bits per heavy atom. The SMILES string of the molecule is N#Cc1cc(C=O)sc1F. The van der Waals surface area contributed by atoms with Crippen LogP contribution in [0.2, 0.25) is 0 Å². The molecule has 0 aliphatic carbocycles. The number of hydrogen-bond donors (Lipinski definition) is 0. The maximum Gasteiger partial charge on any atom is 0.194 e. The summed E-state index contributed by atoms with van der Waals surface area (Å²) in [5.74, 6) is 0. The van der Waals surface area contributed by atoms with Crippen molar-refractivity contribution in [1.82, 2.24) is 0 Å². The highest BCUT2D eigenvalue weighted by Crippen LogP contribution is 2.17. The molecule has 1 heterocycles. The van der Waals surface area contributed by atoms with Crippen molar-refractivity contribution in [3.8, 4) is 6.07 Å². The van der Waals surface area contributed by atoms with Gasteiger partial charge in [0.2, 0.25) is 0 Å². The number of nitriles is 1. The van der Waals surface area contributed by atoms with E-state index in [1.54, 1.807) is 6.07 Å². The lowest BCUT2D eigenvalue weighted by molar-refractivity contribution is 0.112. The highest BCUT2D eigenvalue weighted by atomic mass is 32.1. The van der Waals surface area contributed by atoms with Gasteiger partial charge in [-0.15, -0.1) is 11.3 Å². The van der Waals surface area contributed by atoms with Crippen molar-refractivity contribution in [3.63, 3.8) is 0 Å². The minimum absolute atomic E-state index is 0.0629. The van der Waals surface area contributed by atoms with Crippen LogP contribution in [0.15, 0.2) is 6.07 Å². The summed E-state index contributed by atoms with van der Waals surface area (Å²) in [5, 5.41) is 7.64. The molecule has 0 fully saturated rings. The topological polar surface area (TPSA) is 40.9 Å². The van der Waals surface area contributed by atoms with E-state index in [1.807, 2.05) is 0 Å². The fraction of sp³-hybridized carbons (Fsp3) is 0. The molecule has 0 aliphatic rings. The number of thiophene rings is 1. The average molecular weight is 155 g/mol. The molecule has 0 spiro atoms. The van der Waals surface area contributed by atoms with Crippen molar-refractivity contribution >= 4 is 17.6 Å². The third-order valence-corrected chi connectivity index (χ3v) is 1.79. The van der Waals surface area contributed by atoms with Gasteiger partial charge in [0, 0.05) is 0 Å². The van der Waals surface area contributed by atoms with Crippen molar-refractivity contribution in [2.75, 3.05) is 0 Å². The van der Waals surface area contributed by atoms with Crippen molar-refractivity contribution < 1.29 is 9.18 Å². The Morgan fingerprint density at radius 1 is 1.80 bits per heavy atom. The van der Waals surface area contributed by atoms with Crippen LogP contribution in [0.4, 0.5) is 4.39 Å². The minimum Gasteiger partial charge on any atom is -0.297 e. The molecule has 2 nitrogen and oxygen atoms in total. The van der Waals surface area contributed by atoms with Crippen LogP contribution in [0.3, 0.4) is 0 Å². The lowest BCUT2D eigenvalue weighted by Gasteiger charge is -1.71. The predicted molar refractivity (Wildman–Crippen MR) is 34.4 cm³/mol. The van der Waals surface area contributed by atoms with Gasteiger partial charge in [-0.2, -0.15) is 9.65 Å². The fourth-order valence-corrected chi connectivity index (χ4v) is 1.17. The normalized spacial score (nSPS) is 8.80. The Balaban J connectivity index is 3.19. The van der Waals surface area contributed by atoms with E-state index in [-0.39, 0.29) is 10.4 Å². The van der Waals surface area contributed by atoms with Gasteiger partial charge in [0.15, 0.2) is 11.4 Å². The molecule has 0 amide bonds. The molecule has 1 rings (SSSR count). The van der Waals surface area contributed by atoms with Gasteiger partial charge in [0.05, 0.1) is 10.4 Å². The van der Waals surface area contributed by atoms with Gasteiger partial charge in [-0.3, -0.25) is 4.79 Å². The second-order valence-corrected chi connectivity index (χ2v) is 2.60. The Hall–Kier alpha value is -1.21. The first-order valence-corrected chi connectivity index (χ1v) is 3.24. The van der Waals surface area contributed by atoms with Crippen molar-refractivity contribution in [2.45, 2.75) is 0 Å². The standard InChI is InChI=1S/C6H2FNOS/c7-6-4(2-8)1-5(3-9)10-6/h1,3H. The molecule has 0 bridgehead atoms. The Morgan fingerprint density at radius 3 is 2.80 bits per heavy atom. The molecule has 0 atom stereocenters. The number of carbonyl (C=O) groups excluding carboxylic acids is 1. The van der Waals surface area contributed by atoms with Gasteiger partial charge in [-0.1, -0.05) is 0 Å². The van der Waals surface area contributed by atoms with Gasteiger partial charge in [-0.25, -0.2) is 0 Å². The van der Waals surface area contributed by atoms with Crippen LogP contribution in [0.5, 0.6) is 0 Å². The number of hydrogen-bond acceptors (Lipinski definition) is 3. The summed E-state index contributed by atoms with van der Waals surface area (Å²) < 4.78 is 12.4. The molecule has 10 heavy (non-hydrogen) atoms. The first-order valence-electron chi connectivity index (χ1n) is 2.42. The summed E-state index contributed by atoms with van der Waals surface area (Å²) in [7, 11) is 0. The third kappa shape index (κ3) is 1.04. The van der Waals surface area contributed by atoms with E-state index < -0.39 is 5.13 Å². The Labute approximate surface area is 60.5 Å². The number of rotatable bonds is 1. The summed E-state index contributed by atoms with van der Waals surface area (Å²) in [4.78, 5) is 10.3. The van der Waals surface area contributed by atoms with Crippen LogP contribution in [0.1, 0.15) is 15.2 Å². The second kappa shape index (κ2) is 2.58. The highest BCUT2D eigenvalue weighted by molar-refractivity contribution is 7.12. The Bertz CT molecular complexity index is 299. The first kappa shape index (κ1) is 6.90. The van der Waals surface area contributed by atoms with E-state index in [0.717, 1.165) is 0 Å². The van der Waals surface area contributed by atoms with E-state index in [9.17, 15) is 9.18 Å². The van der Waals surface area contributed by atoms with Gasteiger partial charge in [0.25, 0.3) is 0 Å². The molecule has 4 heteroatoms. The molecule has 1 aromatic rings. The van der Waals surface area contributed by atoms with E-state index in [1.165, 1.54) is 6.07 Å². The van der Waals surface area contributed by atoms with Crippen LogP contribution < -0.4 is 0 Å². The molecule has 0 aliphatic heterocycles. The highest BCUT2D eigenvalue weighted by Gasteiger charge is 2.05. The van der Waals surface area contributed by atoms with Crippen molar-refractivity contribution in [1.29, 1.82) is 5.26 Å². The Kier molecular flexibility index (Phi) is 1.78. The summed E-state index contributed by atoms with van der Waals surface area (Å²) in [6, 6.07) is 2.86. The second-order valence-electron chi connectivity index (χ2n) is 1.57. The molecular weight excluding hydrogens is 153 g/mol. The zero-order valence-electron chi connectivity index (χ0n) is 4.80. The van der Waals surface area contributed by atoms with E-state index in [4.69, 9.17) is 5.26 Å². The maximum absolute atomic E-state index is 12.4. The molecule has 0 N–H and O–H groups in total. The quantitative estimate of drug-likeness (QED) is 0.577. The van der Waals surface area contributed by atoms with Crippen LogP contribution in [-0.2, 0) is 0 Å². The molecule has 50 valence electrons. The van der Waals surface area contributed by atoms with Crippen LogP contribution in [-0.4, -0.2) is 6.29 Å². The number of halogens is 1. The van der Waals surface area contributed by atoms with Crippen molar-refractivity contribution in [2.24, 2.45) is 0 Å². The molecule has 0 aromatic carbocycles. The van der Waals surface area contributed by atoms with Gasteiger partial charge >= 0.3 is 0 Å². The zero-order valence-corrected chi connectivity index (χ0v) is 5.61. The van der Waals surface area contributed by atoms with Gasteiger partial charge in [0.1, 0.15) is 6.07 Å². The summed E-state index contributed by atoms with van der Waals surface area (Å²) in [6.07, 6.45) is 0.522. The summed E-state index contributed by atoms with van der Waals surface area (Å²) in [5.41, 5.74) is -0.0629. The molecule has 0 saturated carbocycles. The molecule has 0 radical (unpaired) electrons. The third-order valence-electron chi connectivity index (χ3n) is 0.942. The lowest BCUT2D eigenvalue weighted by atomic mass is 10.3. The first-order chi connectivity index (χ1) is 4.77. The number of carbonyl (C=O) groups is 1. The van der Waals surface area contributed by atoms with Crippen molar-refractivity contribution in [3.05, 3.63) is 21.6 Å². The number of nitrogens with zero attached hydrogens (tertiary/aromatic N) is 1. The van der Waals surface area contributed by atoms with E-state index in [0.29, 0.717) is 17.6 Å². The smallest absolute Gasteiger partial charge is 0.194 e. The fourth-order valence-electron chi connectivity index (χ4n) is 0.521. The molecular formula is C6H2FNOS. The van der Waals surface area contributed by atoms with Crippen LogP contribution >= 0.6 is 11.3 Å². The molecule has 1 aromatic heterocycles. The monoisotopic (exact) mass is 155 g/mol. The predicted octanol–water partition coefficient (Wildman–Crippen LogP) is 1.57. The molecule has 0 saturated heterocycles. The lowest BCUT2D eigenvalue weighted by Crippen LogP contribution is -1.68. The summed E-state index contributed by atoms with van der Waals surface area (Å²) in [6.45, 7) is 0. The minimum atomic E-state index is -0.593. The van der Waals surface area contributed by atoms with Gasteiger partial charge < -0.3 is 0 Å². The average Bonchev–Trinajstić information content (AvgIpc) is 2.30. The zero-order chi connectivity index (χ0) is 7.56. The van der Waals surface area contributed by atoms with E-state index in [2.05, 4.69) is 0 Å². The number of aldehydes is 1. The van der Waals surface area contributed by atoms with Gasteiger partial charge in [-0.05, 0) is 6.07 Å². The molecule has 0 unspecified atom stereocenters. The van der Waals surface area contributed by atoms with Crippen LogP contribution in [0.25, 0.3) is 0 Å². The van der Waals surface area contributed by atoms with Crippen LogP contribution in [0, 0.1) is 16.5 Å². The largest absolute Gasteiger partial charge is 0.297 e. The maximum atomic E-state index is 12.4.